The van der Waals surface area contributed by atoms with Crippen LogP contribution in [0.2, 0.25) is 0 Å². The van der Waals surface area contributed by atoms with Crippen LogP contribution in [0.3, 0.4) is 0 Å². The van der Waals surface area contributed by atoms with Crippen molar-refractivity contribution in [3.05, 3.63) is 60.2 Å². The molecule has 0 aliphatic carbocycles. The second kappa shape index (κ2) is 7.40. The lowest BCUT2D eigenvalue weighted by Gasteiger charge is -2.35. The fraction of sp³-hybridized carbons (Fsp3) is 0.409. The maximum atomic E-state index is 13.2. The Morgan fingerprint density at radius 3 is 2.42 bits per heavy atom. The molecule has 26 heavy (non-hydrogen) atoms. The summed E-state index contributed by atoms with van der Waals surface area (Å²) in [7, 11) is 0. The molecule has 4 nitrogen and oxygen atoms in total. The van der Waals surface area contributed by atoms with Crippen molar-refractivity contribution >= 4 is 5.91 Å². The Labute approximate surface area is 154 Å². The molecule has 3 unspecified atom stereocenters. The van der Waals surface area contributed by atoms with Crippen molar-refractivity contribution in [3.63, 3.8) is 0 Å². The van der Waals surface area contributed by atoms with Crippen molar-refractivity contribution < 1.29 is 14.3 Å². The molecule has 2 aromatic rings. The zero-order valence-electron chi connectivity index (χ0n) is 15.1. The number of amides is 1. The van der Waals surface area contributed by atoms with Gasteiger partial charge in [0, 0.05) is 19.0 Å². The molecule has 2 heterocycles. The molecule has 0 radical (unpaired) electrons. The summed E-state index contributed by atoms with van der Waals surface area (Å²) < 4.78 is 12.0. The van der Waals surface area contributed by atoms with Gasteiger partial charge in [-0.2, -0.15) is 0 Å². The zero-order chi connectivity index (χ0) is 17.9. The first-order chi connectivity index (χ1) is 12.7. The molecular weight excluding hydrogens is 326 g/mol. The number of fused-ring (bicyclic) bond motifs is 1. The van der Waals surface area contributed by atoms with E-state index in [2.05, 4.69) is 24.3 Å². The van der Waals surface area contributed by atoms with Gasteiger partial charge in [-0.25, -0.2) is 0 Å². The molecule has 0 bridgehead atoms. The van der Waals surface area contributed by atoms with E-state index < -0.39 is 6.10 Å². The largest absolute Gasteiger partial charge is 0.482 e. The molecule has 2 aliphatic heterocycles. The van der Waals surface area contributed by atoms with Gasteiger partial charge in [-0.05, 0) is 37.5 Å². The number of rotatable bonds is 2. The summed E-state index contributed by atoms with van der Waals surface area (Å²) in [4.78, 5) is 15.2. The van der Waals surface area contributed by atoms with Gasteiger partial charge in [0.1, 0.15) is 6.10 Å². The Balaban J connectivity index is 1.51. The lowest BCUT2D eigenvalue weighted by atomic mass is 9.94. The average Bonchev–Trinajstić information content (AvgIpc) is 2.94. The van der Waals surface area contributed by atoms with E-state index in [0.717, 1.165) is 32.4 Å². The Hall–Kier alpha value is -2.49. The topological polar surface area (TPSA) is 38.8 Å². The second-order valence-electron chi connectivity index (χ2n) is 7.20. The van der Waals surface area contributed by atoms with Crippen LogP contribution in [0.15, 0.2) is 54.6 Å². The molecule has 0 saturated carbocycles. The number of benzene rings is 2. The fourth-order valence-corrected chi connectivity index (χ4v) is 3.91. The van der Waals surface area contributed by atoms with Gasteiger partial charge >= 0.3 is 0 Å². The first-order valence-electron chi connectivity index (χ1n) is 9.48. The van der Waals surface area contributed by atoms with Crippen molar-refractivity contribution in [2.24, 2.45) is 0 Å². The highest BCUT2D eigenvalue weighted by Gasteiger charge is 2.37. The van der Waals surface area contributed by atoms with Crippen molar-refractivity contribution in [3.8, 4) is 11.5 Å². The molecule has 0 aromatic heterocycles. The highest BCUT2D eigenvalue weighted by atomic mass is 16.6. The van der Waals surface area contributed by atoms with Crippen LogP contribution in [0.1, 0.15) is 37.7 Å². The summed E-state index contributed by atoms with van der Waals surface area (Å²) in [6, 6.07) is 18.1. The van der Waals surface area contributed by atoms with E-state index in [-0.39, 0.29) is 12.0 Å². The van der Waals surface area contributed by atoms with Gasteiger partial charge in [0.2, 0.25) is 6.10 Å². The van der Waals surface area contributed by atoms with Crippen LogP contribution in [0, 0.1) is 0 Å². The van der Waals surface area contributed by atoms with E-state index in [1.54, 1.807) is 0 Å². The predicted octanol–water partition coefficient (Wildman–Crippen LogP) is 4.01. The van der Waals surface area contributed by atoms with E-state index in [1.807, 2.05) is 42.2 Å². The van der Waals surface area contributed by atoms with E-state index in [1.165, 1.54) is 5.56 Å². The molecule has 0 spiro atoms. The first-order valence-corrected chi connectivity index (χ1v) is 9.48. The van der Waals surface area contributed by atoms with Crippen LogP contribution in [0.4, 0.5) is 0 Å². The summed E-state index contributed by atoms with van der Waals surface area (Å²) in [5.74, 6) is 1.78. The zero-order valence-corrected chi connectivity index (χ0v) is 15.1. The molecule has 1 amide bonds. The minimum absolute atomic E-state index is 0.0369. The van der Waals surface area contributed by atoms with Crippen molar-refractivity contribution in [1.29, 1.82) is 0 Å². The Morgan fingerprint density at radius 2 is 1.65 bits per heavy atom. The third-order valence-corrected chi connectivity index (χ3v) is 5.34. The maximum absolute atomic E-state index is 13.2. The minimum Gasteiger partial charge on any atom is -0.482 e. The monoisotopic (exact) mass is 351 g/mol. The van der Waals surface area contributed by atoms with Crippen LogP contribution in [0.25, 0.3) is 0 Å². The van der Waals surface area contributed by atoms with E-state index in [0.29, 0.717) is 17.4 Å². The lowest BCUT2D eigenvalue weighted by molar-refractivity contribution is -0.144. The molecule has 4 heteroatoms. The number of ether oxygens (including phenoxy) is 2. The molecule has 2 aliphatic rings. The van der Waals surface area contributed by atoms with E-state index in [9.17, 15) is 4.79 Å². The Morgan fingerprint density at radius 1 is 0.962 bits per heavy atom. The van der Waals surface area contributed by atoms with Crippen molar-refractivity contribution in [1.82, 2.24) is 4.90 Å². The molecule has 4 rings (SSSR count). The minimum atomic E-state index is -0.584. The second-order valence-corrected chi connectivity index (χ2v) is 7.20. The third-order valence-electron chi connectivity index (χ3n) is 5.34. The summed E-state index contributed by atoms with van der Waals surface area (Å²) in [5.41, 5.74) is 1.31. The quantitative estimate of drug-likeness (QED) is 0.820. The van der Waals surface area contributed by atoms with Gasteiger partial charge in [-0.15, -0.1) is 0 Å². The van der Waals surface area contributed by atoms with E-state index >= 15 is 0 Å². The van der Waals surface area contributed by atoms with Crippen LogP contribution in [0.5, 0.6) is 11.5 Å². The van der Waals surface area contributed by atoms with Crippen LogP contribution in [-0.4, -0.2) is 36.1 Å². The van der Waals surface area contributed by atoms with Gasteiger partial charge in [0.25, 0.3) is 5.91 Å². The number of nitrogens with zero attached hydrogens (tertiary/aromatic N) is 1. The molecular formula is C22H25NO3. The SMILES string of the molecule is CC1Oc2ccccc2OC1C(=O)N1CCCCC(c2ccccc2)C1. The van der Waals surface area contributed by atoms with Gasteiger partial charge in [-0.1, -0.05) is 48.9 Å². The number of hydrogen-bond acceptors (Lipinski definition) is 3. The predicted molar refractivity (Wildman–Crippen MR) is 101 cm³/mol. The molecule has 1 fully saturated rings. The number of carbonyl (C=O) groups is 1. The third kappa shape index (κ3) is 3.41. The van der Waals surface area contributed by atoms with Gasteiger partial charge in [-0.3, -0.25) is 4.79 Å². The maximum Gasteiger partial charge on any atom is 0.267 e. The molecule has 136 valence electrons. The fourth-order valence-electron chi connectivity index (χ4n) is 3.91. The van der Waals surface area contributed by atoms with Gasteiger partial charge < -0.3 is 14.4 Å². The standard InChI is InChI=1S/C22H25NO3/c1-16-21(26-20-13-6-5-12-19(20)25-16)22(24)23-14-8-7-11-18(15-23)17-9-3-2-4-10-17/h2-6,9-10,12-13,16,18,21H,7-8,11,14-15H2,1H3. The van der Waals surface area contributed by atoms with Crippen LogP contribution in [-0.2, 0) is 4.79 Å². The average molecular weight is 351 g/mol. The number of hydrogen-bond donors (Lipinski definition) is 0. The number of likely N-dealkylation sites (tertiary alicyclic amines) is 1. The van der Waals surface area contributed by atoms with Crippen molar-refractivity contribution in [2.45, 2.75) is 44.3 Å². The number of para-hydroxylation sites is 2. The molecule has 2 aromatic carbocycles. The van der Waals surface area contributed by atoms with Crippen LogP contribution < -0.4 is 9.47 Å². The van der Waals surface area contributed by atoms with E-state index in [4.69, 9.17) is 9.47 Å². The normalized spacial score (nSPS) is 25.4. The highest BCUT2D eigenvalue weighted by Crippen LogP contribution is 2.34. The summed E-state index contributed by atoms with van der Waals surface area (Å²) >= 11 is 0. The first kappa shape index (κ1) is 17.0. The highest BCUT2D eigenvalue weighted by molar-refractivity contribution is 5.82. The number of carbonyl (C=O) groups excluding carboxylic acids is 1. The summed E-state index contributed by atoms with van der Waals surface area (Å²) in [6.07, 6.45) is 2.42. The smallest absolute Gasteiger partial charge is 0.267 e. The summed E-state index contributed by atoms with van der Waals surface area (Å²) in [5, 5.41) is 0. The Bertz CT molecular complexity index is 761. The molecule has 1 saturated heterocycles. The molecule has 0 N–H and O–H groups in total. The Kier molecular flexibility index (Phi) is 4.83. The summed E-state index contributed by atoms with van der Waals surface area (Å²) in [6.45, 7) is 3.44. The molecule has 3 atom stereocenters. The van der Waals surface area contributed by atoms with Gasteiger partial charge in [0.15, 0.2) is 11.5 Å². The lowest BCUT2D eigenvalue weighted by Crippen LogP contribution is -2.51. The van der Waals surface area contributed by atoms with Gasteiger partial charge in [0.05, 0.1) is 0 Å². The van der Waals surface area contributed by atoms with Crippen molar-refractivity contribution in [2.75, 3.05) is 13.1 Å². The van der Waals surface area contributed by atoms with Crippen LogP contribution >= 0.6 is 0 Å².